The predicted molar refractivity (Wildman–Crippen MR) is 74.0 cm³/mol. The van der Waals surface area contributed by atoms with Crippen molar-refractivity contribution in [1.29, 1.82) is 0 Å². The summed E-state index contributed by atoms with van der Waals surface area (Å²) in [4.78, 5) is 23.0. The van der Waals surface area contributed by atoms with Crippen LogP contribution in [0.5, 0.6) is 0 Å². The molecule has 3 rings (SSSR count). The number of carbonyl (C=O) groups excluding carboxylic acids is 1. The molecule has 2 heterocycles. The van der Waals surface area contributed by atoms with Gasteiger partial charge in [0.2, 0.25) is 0 Å². The number of hydrogen-bond acceptors (Lipinski definition) is 3. The Morgan fingerprint density at radius 1 is 1.20 bits per heavy atom. The van der Waals surface area contributed by atoms with E-state index in [0.717, 1.165) is 28.4 Å². The van der Waals surface area contributed by atoms with Crippen molar-refractivity contribution < 1.29 is 33.3 Å². The number of nitrogens with zero attached hydrogens (tertiary/aromatic N) is 2. The Hall–Kier alpha value is -1.54. The number of benzene rings is 1. The van der Waals surface area contributed by atoms with E-state index < -0.39 is 0 Å². The first-order chi connectivity index (χ1) is 9.20. The first kappa shape index (κ1) is 14.9. The number of halogens is 1. The minimum atomic E-state index is -0.141. The zero-order valence-corrected chi connectivity index (χ0v) is 13.6. The Kier molecular flexibility index (Phi) is 4.34. The lowest BCUT2D eigenvalue weighted by molar-refractivity contribution is -0.599. The molecule has 0 aliphatic carbocycles. The number of aromatic nitrogens is 2. The molecule has 6 heteroatoms. The summed E-state index contributed by atoms with van der Waals surface area (Å²) >= 11 is 0.960. The monoisotopic (exact) mass is 398 g/mol. The number of aldehydes is 1. The van der Waals surface area contributed by atoms with Gasteiger partial charge >= 0.3 is 10.7 Å². The van der Waals surface area contributed by atoms with Crippen LogP contribution in [0, 0.1) is 0 Å². The summed E-state index contributed by atoms with van der Waals surface area (Å²) in [5.41, 5.74) is 0. The van der Waals surface area contributed by atoms with Crippen LogP contribution in [-0.4, -0.2) is 10.9 Å². The van der Waals surface area contributed by atoms with E-state index in [9.17, 15) is 9.59 Å². The topological polar surface area (TPSA) is 43.0 Å². The molecule has 0 saturated carbocycles. The molecule has 0 spiro atoms. The third-order valence-electron chi connectivity index (χ3n) is 3.05. The van der Waals surface area contributed by atoms with Gasteiger partial charge in [0.1, 0.15) is 6.20 Å². The van der Waals surface area contributed by atoms with Gasteiger partial charge in [0, 0.05) is 5.39 Å². The number of carbonyl (C=O) groups is 1. The Labute approximate surface area is 136 Å². The number of pyridine rings is 1. The van der Waals surface area contributed by atoms with E-state index in [1.807, 2.05) is 47.3 Å². The summed E-state index contributed by atoms with van der Waals surface area (Å²) < 4.78 is 3.30. The van der Waals surface area contributed by atoms with E-state index in [0.29, 0.717) is 10.7 Å². The van der Waals surface area contributed by atoms with Crippen LogP contribution in [-0.2, 0) is 7.05 Å². The number of fused-ring (bicyclic) bond motifs is 1. The van der Waals surface area contributed by atoms with Gasteiger partial charge in [0.15, 0.2) is 11.2 Å². The molecule has 4 nitrogen and oxygen atoms in total. The highest BCUT2D eigenvalue weighted by molar-refractivity contribution is 7.11. The van der Waals surface area contributed by atoms with Crippen LogP contribution >= 0.6 is 11.3 Å². The van der Waals surface area contributed by atoms with Gasteiger partial charge in [-0.1, -0.05) is 24.3 Å². The van der Waals surface area contributed by atoms with E-state index in [1.54, 1.807) is 7.05 Å². The Bertz CT molecular complexity index is 839. The minimum Gasteiger partial charge on any atom is -1.00 e. The van der Waals surface area contributed by atoms with Crippen molar-refractivity contribution in [2.45, 2.75) is 0 Å². The van der Waals surface area contributed by atoms with Crippen LogP contribution in [0.1, 0.15) is 9.67 Å². The van der Waals surface area contributed by atoms with E-state index in [1.165, 1.54) is 4.57 Å². The molecule has 0 amide bonds. The quantitative estimate of drug-likeness (QED) is 0.306. The fraction of sp³-hybridized carbons (Fsp3) is 0.0714. The lowest BCUT2D eigenvalue weighted by Gasteiger charge is -2.01. The van der Waals surface area contributed by atoms with Gasteiger partial charge < -0.3 is 24.0 Å². The standard InChI is InChI=1S/C14H11N2O2S.HI/c1-15-13(12(9-17)19-14(15)18)16-7-6-10-4-2-3-5-11(10)8-16;/h2-9H,1H3;1H/q+1;/p-1. The van der Waals surface area contributed by atoms with Gasteiger partial charge in [-0.15, -0.1) is 0 Å². The summed E-state index contributed by atoms with van der Waals surface area (Å²) in [7, 11) is 1.67. The summed E-state index contributed by atoms with van der Waals surface area (Å²) in [6.45, 7) is 0. The van der Waals surface area contributed by atoms with Gasteiger partial charge in [-0.2, -0.15) is 4.57 Å². The highest BCUT2D eigenvalue weighted by atomic mass is 127. The van der Waals surface area contributed by atoms with Gasteiger partial charge in [-0.25, -0.2) is 9.36 Å². The Balaban J connectivity index is 0.00000147. The van der Waals surface area contributed by atoms with Crippen molar-refractivity contribution in [3.05, 3.63) is 57.3 Å². The fourth-order valence-electron chi connectivity index (χ4n) is 2.10. The van der Waals surface area contributed by atoms with Crippen molar-refractivity contribution in [2.24, 2.45) is 7.05 Å². The smallest absolute Gasteiger partial charge is 0.392 e. The van der Waals surface area contributed by atoms with E-state index in [-0.39, 0.29) is 28.8 Å². The van der Waals surface area contributed by atoms with Gasteiger partial charge in [-0.05, 0) is 22.8 Å². The average Bonchev–Trinajstić information content (AvgIpc) is 2.74. The van der Waals surface area contributed by atoms with Crippen molar-refractivity contribution in [1.82, 2.24) is 4.57 Å². The van der Waals surface area contributed by atoms with E-state index >= 15 is 0 Å². The maximum atomic E-state index is 11.7. The predicted octanol–water partition coefficient (Wildman–Crippen LogP) is -1.31. The summed E-state index contributed by atoms with van der Waals surface area (Å²) in [6.07, 6.45) is 4.50. The number of rotatable bonds is 2. The lowest BCUT2D eigenvalue weighted by atomic mass is 10.2. The van der Waals surface area contributed by atoms with E-state index in [2.05, 4.69) is 0 Å². The lowest BCUT2D eigenvalue weighted by Crippen LogP contribution is -3.00. The first-order valence-electron chi connectivity index (χ1n) is 5.76. The first-order valence-corrected chi connectivity index (χ1v) is 6.58. The van der Waals surface area contributed by atoms with Gasteiger partial charge in [0.25, 0.3) is 0 Å². The molecule has 0 bridgehead atoms. The Morgan fingerprint density at radius 3 is 2.60 bits per heavy atom. The molecule has 0 N–H and O–H groups in total. The molecule has 0 fully saturated rings. The molecule has 0 unspecified atom stereocenters. The largest absolute Gasteiger partial charge is 1.00 e. The molecular formula is C14H11IN2O2S. The molecule has 0 aliphatic heterocycles. The molecule has 0 aliphatic rings. The second-order valence-corrected chi connectivity index (χ2v) is 5.21. The molecule has 0 atom stereocenters. The molecule has 2 aromatic heterocycles. The Morgan fingerprint density at radius 2 is 1.90 bits per heavy atom. The SMILES string of the molecule is Cn1c(-[n+]2ccc3ccccc3c2)c(C=O)sc1=O.[I-]. The van der Waals surface area contributed by atoms with Crippen LogP contribution in [0.2, 0.25) is 0 Å². The van der Waals surface area contributed by atoms with Crippen molar-refractivity contribution >= 4 is 28.4 Å². The summed E-state index contributed by atoms with van der Waals surface area (Å²) in [5, 5.41) is 2.17. The maximum absolute atomic E-state index is 11.7. The van der Waals surface area contributed by atoms with Crippen LogP contribution in [0.25, 0.3) is 16.6 Å². The third kappa shape index (κ3) is 2.40. The molecule has 0 radical (unpaired) electrons. The van der Waals surface area contributed by atoms with Crippen LogP contribution < -0.4 is 33.4 Å². The van der Waals surface area contributed by atoms with Gasteiger partial charge in [-0.3, -0.25) is 4.79 Å². The zero-order chi connectivity index (χ0) is 13.4. The average molecular weight is 398 g/mol. The highest BCUT2D eigenvalue weighted by Crippen LogP contribution is 2.13. The highest BCUT2D eigenvalue weighted by Gasteiger charge is 2.21. The number of thiazole rings is 1. The minimum absolute atomic E-state index is 0. The third-order valence-corrected chi connectivity index (χ3v) is 4.00. The van der Waals surface area contributed by atoms with Crippen molar-refractivity contribution in [3.63, 3.8) is 0 Å². The van der Waals surface area contributed by atoms with Crippen LogP contribution in [0.3, 0.4) is 0 Å². The summed E-state index contributed by atoms with van der Waals surface area (Å²) in [6, 6.07) is 9.92. The zero-order valence-electron chi connectivity index (χ0n) is 10.6. The normalized spacial score (nSPS) is 10.2. The van der Waals surface area contributed by atoms with Crippen molar-refractivity contribution in [2.75, 3.05) is 0 Å². The molecule has 0 saturated heterocycles. The van der Waals surface area contributed by atoms with Crippen LogP contribution in [0.15, 0.2) is 47.5 Å². The second-order valence-electron chi connectivity index (χ2n) is 4.21. The summed E-state index contributed by atoms with van der Waals surface area (Å²) in [5.74, 6) is 0.607. The molecule has 102 valence electrons. The maximum Gasteiger partial charge on any atom is 0.392 e. The fourth-order valence-corrected chi connectivity index (χ4v) is 2.90. The number of hydrogen-bond donors (Lipinski definition) is 0. The van der Waals surface area contributed by atoms with Crippen molar-refractivity contribution in [3.8, 4) is 5.82 Å². The van der Waals surface area contributed by atoms with Gasteiger partial charge in [0.05, 0.1) is 13.2 Å². The molecular weight excluding hydrogens is 387 g/mol. The molecule has 1 aromatic carbocycles. The second kappa shape index (κ2) is 5.84. The molecule has 3 aromatic rings. The molecule has 20 heavy (non-hydrogen) atoms. The van der Waals surface area contributed by atoms with Crippen LogP contribution in [0.4, 0.5) is 0 Å². The van der Waals surface area contributed by atoms with E-state index in [4.69, 9.17) is 0 Å².